The van der Waals surface area contributed by atoms with Gasteiger partial charge in [-0.1, -0.05) is 41.4 Å². The summed E-state index contributed by atoms with van der Waals surface area (Å²) < 4.78 is 0. The van der Waals surface area contributed by atoms with Gasteiger partial charge in [-0.3, -0.25) is 9.69 Å². The summed E-state index contributed by atoms with van der Waals surface area (Å²) in [5.74, 6) is -0.0412. The number of rotatable bonds is 4. The monoisotopic (exact) mass is 377 g/mol. The van der Waals surface area contributed by atoms with Crippen molar-refractivity contribution in [2.45, 2.75) is 6.92 Å². The van der Waals surface area contributed by atoms with E-state index in [1.165, 1.54) is 11.3 Å². The van der Waals surface area contributed by atoms with Crippen molar-refractivity contribution in [2.24, 2.45) is 0 Å². The van der Waals surface area contributed by atoms with Crippen molar-refractivity contribution in [3.8, 4) is 0 Å². The normalized spacial score (nSPS) is 15.2. The van der Waals surface area contributed by atoms with E-state index in [0.29, 0.717) is 17.3 Å². The van der Waals surface area contributed by atoms with Crippen molar-refractivity contribution in [1.82, 2.24) is 4.90 Å². The standard InChI is InChI=1S/C19H21Cl2N3O/c1-14-6-7-15(20)12-18(14)24-10-8-23(9-11-24)13-19(25)22-17-5-3-2-4-16(17)21/h2-7,12H,8-11,13H2,1H3,(H,22,25). The molecule has 2 aromatic carbocycles. The second kappa shape index (κ2) is 8.09. The number of halogens is 2. The van der Waals surface area contributed by atoms with Crippen LogP contribution in [0.3, 0.4) is 0 Å². The molecule has 1 aliphatic heterocycles. The Balaban J connectivity index is 1.53. The summed E-state index contributed by atoms with van der Waals surface area (Å²) >= 11 is 12.2. The number of carbonyl (C=O) groups excluding carboxylic acids is 1. The molecule has 0 saturated carbocycles. The van der Waals surface area contributed by atoms with Gasteiger partial charge in [0.2, 0.25) is 5.91 Å². The van der Waals surface area contributed by atoms with Crippen LogP contribution in [0, 0.1) is 6.92 Å². The highest BCUT2D eigenvalue weighted by Gasteiger charge is 2.20. The van der Waals surface area contributed by atoms with Crippen molar-refractivity contribution in [3.05, 3.63) is 58.1 Å². The lowest BCUT2D eigenvalue weighted by Gasteiger charge is -2.36. The van der Waals surface area contributed by atoms with Gasteiger partial charge >= 0.3 is 0 Å². The summed E-state index contributed by atoms with van der Waals surface area (Å²) in [6.07, 6.45) is 0. The molecule has 132 valence electrons. The van der Waals surface area contributed by atoms with Crippen LogP contribution in [-0.4, -0.2) is 43.5 Å². The molecular formula is C19H21Cl2N3O. The maximum Gasteiger partial charge on any atom is 0.238 e. The van der Waals surface area contributed by atoms with Crippen molar-refractivity contribution >= 4 is 40.5 Å². The highest BCUT2D eigenvalue weighted by atomic mass is 35.5. The molecule has 0 unspecified atom stereocenters. The van der Waals surface area contributed by atoms with E-state index in [-0.39, 0.29) is 5.91 Å². The highest BCUT2D eigenvalue weighted by molar-refractivity contribution is 6.33. The van der Waals surface area contributed by atoms with E-state index >= 15 is 0 Å². The van der Waals surface area contributed by atoms with Gasteiger partial charge < -0.3 is 10.2 Å². The number of anilines is 2. The van der Waals surface area contributed by atoms with Gasteiger partial charge in [-0.2, -0.15) is 0 Å². The molecule has 0 radical (unpaired) electrons. The topological polar surface area (TPSA) is 35.6 Å². The SMILES string of the molecule is Cc1ccc(Cl)cc1N1CCN(CC(=O)Nc2ccccc2Cl)CC1. The Hall–Kier alpha value is -1.75. The van der Waals surface area contributed by atoms with Gasteiger partial charge in [-0.05, 0) is 36.8 Å². The van der Waals surface area contributed by atoms with Gasteiger partial charge in [0.05, 0.1) is 17.3 Å². The summed E-state index contributed by atoms with van der Waals surface area (Å²) in [5, 5.41) is 4.18. The minimum absolute atomic E-state index is 0.0412. The molecule has 0 aliphatic carbocycles. The predicted octanol–water partition coefficient (Wildman–Crippen LogP) is 4.06. The fourth-order valence-corrected chi connectivity index (χ4v) is 3.37. The van der Waals surface area contributed by atoms with Crippen LogP contribution >= 0.6 is 23.2 Å². The molecule has 1 amide bonds. The molecule has 1 fully saturated rings. The molecule has 3 rings (SSSR count). The maximum absolute atomic E-state index is 12.2. The van der Waals surface area contributed by atoms with Crippen LogP contribution < -0.4 is 10.2 Å². The Labute approximate surface area is 158 Å². The number of hydrogen-bond acceptors (Lipinski definition) is 3. The maximum atomic E-state index is 12.2. The lowest BCUT2D eigenvalue weighted by atomic mass is 10.1. The number of nitrogens with zero attached hydrogens (tertiary/aromatic N) is 2. The van der Waals surface area contributed by atoms with Gasteiger partial charge in [-0.15, -0.1) is 0 Å². The number of hydrogen-bond donors (Lipinski definition) is 1. The predicted molar refractivity (Wildman–Crippen MR) is 105 cm³/mol. The smallest absolute Gasteiger partial charge is 0.238 e. The van der Waals surface area contributed by atoms with Crippen molar-refractivity contribution in [3.63, 3.8) is 0 Å². The Morgan fingerprint density at radius 2 is 1.80 bits per heavy atom. The molecule has 0 atom stereocenters. The Morgan fingerprint density at radius 1 is 1.08 bits per heavy atom. The first-order valence-corrected chi connectivity index (χ1v) is 9.06. The third-order valence-electron chi connectivity index (χ3n) is 4.40. The third kappa shape index (κ3) is 4.66. The molecule has 0 aromatic heterocycles. The van der Waals surface area contributed by atoms with Crippen molar-refractivity contribution in [1.29, 1.82) is 0 Å². The fourth-order valence-electron chi connectivity index (χ4n) is 3.03. The van der Waals surface area contributed by atoms with Gasteiger partial charge in [0.1, 0.15) is 0 Å². The lowest BCUT2D eigenvalue weighted by Crippen LogP contribution is -2.48. The van der Waals surface area contributed by atoms with Crippen LogP contribution in [0.15, 0.2) is 42.5 Å². The first kappa shape index (κ1) is 18.1. The van der Waals surface area contributed by atoms with Crippen LogP contribution in [0.1, 0.15) is 5.56 Å². The molecule has 4 nitrogen and oxygen atoms in total. The van der Waals surface area contributed by atoms with Crippen LogP contribution in [0.25, 0.3) is 0 Å². The van der Waals surface area contributed by atoms with E-state index in [0.717, 1.165) is 31.2 Å². The van der Waals surface area contributed by atoms with Gasteiger partial charge in [0, 0.05) is 36.9 Å². The summed E-state index contributed by atoms with van der Waals surface area (Å²) in [4.78, 5) is 16.7. The minimum Gasteiger partial charge on any atom is -0.369 e. The highest BCUT2D eigenvalue weighted by Crippen LogP contribution is 2.25. The second-order valence-corrected chi connectivity index (χ2v) is 7.07. The van der Waals surface area contributed by atoms with E-state index in [1.807, 2.05) is 30.3 Å². The first-order valence-electron chi connectivity index (χ1n) is 8.31. The number of nitrogens with one attached hydrogen (secondary N) is 1. The summed E-state index contributed by atoms with van der Waals surface area (Å²) in [6, 6.07) is 13.2. The molecule has 25 heavy (non-hydrogen) atoms. The van der Waals surface area contributed by atoms with Crippen LogP contribution in [0.5, 0.6) is 0 Å². The average molecular weight is 378 g/mol. The summed E-state index contributed by atoms with van der Waals surface area (Å²) in [5.41, 5.74) is 3.05. The molecule has 1 N–H and O–H groups in total. The molecular weight excluding hydrogens is 357 g/mol. The van der Waals surface area contributed by atoms with Crippen LogP contribution in [0.2, 0.25) is 10.0 Å². The van der Waals surface area contributed by atoms with E-state index in [1.54, 1.807) is 12.1 Å². The molecule has 0 bridgehead atoms. The molecule has 6 heteroatoms. The zero-order valence-electron chi connectivity index (χ0n) is 14.1. The lowest BCUT2D eigenvalue weighted by molar-refractivity contribution is -0.117. The van der Waals surface area contributed by atoms with E-state index in [9.17, 15) is 4.79 Å². The summed E-state index contributed by atoms with van der Waals surface area (Å²) in [7, 11) is 0. The third-order valence-corrected chi connectivity index (χ3v) is 4.96. The van der Waals surface area contributed by atoms with Gasteiger partial charge in [0.25, 0.3) is 0 Å². The number of benzene rings is 2. The van der Waals surface area contributed by atoms with Gasteiger partial charge in [0.15, 0.2) is 0 Å². The number of piperazine rings is 1. The number of carbonyl (C=O) groups is 1. The number of amides is 1. The van der Waals surface area contributed by atoms with E-state index < -0.39 is 0 Å². The Kier molecular flexibility index (Phi) is 5.84. The van der Waals surface area contributed by atoms with Crippen LogP contribution in [0.4, 0.5) is 11.4 Å². The molecule has 1 heterocycles. The average Bonchev–Trinajstić information content (AvgIpc) is 2.60. The van der Waals surface area contributed by atoms with Crippen molar-refractivity contribution in [2.75, 3.05) is 42.9 Å². The van der Waals surface area contributed by atoms with Crippen LogP contribution in [-0.2, 0) is 4.79 Å². The van der Waals surface area contributed by atoms with E-state index in [2.05, 4.69) is 22.0 Å². The molecule has 0 spiro atoms. The molecule has 1 saturated heterocycles. The molecule has 2 aromatic rings. The minimum atomic E-state index is -0.0412. The number of para-hydroxylation sites is 1. The Morgan fingerprint density at radius 3 is 2.52 bits per heavy atom. The zero-order chi connectivity index (χ0) is 17.8. The summed E-state index contributed by atoms with van der Waals surface area (Å²) in [6.45, 7) is 5.88. The first-order chi connectivity index (χ1) is 12.0. The largest absolute Gasteiger partial charge is 0.369 e. The number of aryl methyl sites for hydroxylation is 1. The molecule has 1 aliphatic rings. The van der Waals surface area contributed by atoms with Crippen molar-refractivity contribution < 1.29 is 4.79 Å². The quantitative estimate of drug-likeness (QED) is 0.872. The van der Waals surface area contributed by atoms with Gasteiger partial charge in [-0.25, -0.2) is 0 Å². The fraction of sp³-hybridized carbons (Fsp3) is 0.316. The van der Waals surface area contributed by atoms with E-state index in [4.69, 9.17) is 23.2 Å². The second-order valence-electron chi connectivity index (χ2n) is 6.22. The Bertz CT molecular complexity index is 758. The zero-order valence-corrected chi connectivity index (χ0v) is 15.6.